The number of unbranched alkanes of at least 4 members (excludes halogenated alkanes) is 2. The van der Waals surface area contributed by atoms with E-state index in [1.165, 1.54) is 34.7 Å². The van der Waals surface area contributed by atoms with Gasteiger partial charge >= 0.3 is 0 Å². The zero-order valence-corrected chi connectivity index (χ0v) is 21.5. The van der Waals surface area contributed by atoms with Gasteiger partial charge in [0.2, 0.25) is 0 Å². The highest BCUT2D eigenvalue weighted by atomic mass is 16.5. The number of nitrogens with zero attached hydrogens (tertiary/aromatic N) is 3. The number of fused-ring (bicyclic) bond motifs is 1. The summed E-state index contributed by atoms with van der Waals surface area (Å²) in [5.74, 6) is 0.956. The zero-order valence-electron chi connectivity index (χ0n) is 21.5. The molecule has 1 heterocycles. The molecule has 0 radical (unpaired) electrons. The number of benzene rings is 4. The maximum Gasteiger partial charge on any atom is 0.119 e. The van der Waals surface area contributed by atoms with Crippen molar-refractivity contribution in [2.24, 2.45) is 0 Å². The number of nitriles is 1. The van der Waals surface area contributed by atoms with E-state index in [-0.39, 0.29) is 0 Å². The number of piperazine rings is 1. The van der Waals surface area contributed by atoms with Crippen molar-refractivity contribution in [3.8, 4) is 11.8 Å². The van der Waals surface area contributed by atoms with Gasteiger partial charge < -0.3 is 9.64 Å². The average molecular weight is 490 g/mol. The molecule has 4 heteroatoms. The summed E-state index contributed by atoms with van der Waals surface area (Å²) in [7, 11) is 0. The second kappa shape index (κ2) is 12.4. The average Bonchev–Trinajstić information content (AvgIpc) is 2.96. The Morgan fingerprint density at radius 2 is 1.46 bits per heavy atom. The lowest BCUT2D eigenvalue weighted by atomic mass is 10.1. The lowest BCUT2D eigenvalue weighted by Gasteiger charge is -2.36. The van der Waals surface area contributed by atoms with E-state index in [1.54, 1.807) is 0 Å². The molecule has 1 saturated heterocycles. The van der Waals surface area contributed by atoms with E-state index in [0.29, 0.717) is 0 Å². The maximum absolute atomic E-state index is 9.41. The van der Waals surface area contributed by atoms with Crippen LogP contribution >= 0.6 is 0 Å². The van der Waals surface area contributed by atoms with Gasteiger partial charge in [-0.2, -0.15) is 5.26 Å². The molecule has 0 bridgehead atoms. The van der Waals surface area contributed by atoms with Gasteiger partial charge in [-0.1, -0.05) is 60.7 Å². The van der Waals surface area contributed by atoms with Gasteiger partial charge in [-0.3, -0.25) is 4.90 Å². The van der Waals surface area contributed by atoms with Crippen LogP contribution in [0.3, 0.4) is 0 Å². The molecule has 0 spiro atoms. The second-order valence-electron chi connectivity index (χ2n) is 9.88. The molecule has 1 aliphatic rings. The Morgan fingerprint density at radius 1 is 0.703 bits per heavy atom. The molecule has 4 aromatic rings. The Balaban J connectivity index is 1.08. The van der Waals surface area contributed by atoms with Crippen LogP contribution in [0.1, 0.15) is 36.0 Å². The maximum atomic E-state index is 9.41. The monoisotopic (exact) mass is 489 g/mol. The van der Waals surface area contributed by atoms with Gasteiger partial charge in [0.1, 0.15) is 11.8 Å². The first-order valence-electron chi connectivity index (χ1n) is 13.4. The largest absolute Gasteiger partial charge is 0.494 e. The molecular formula is C33H35N3O. The van der Waals surface area contributed by atoms with Crippen molar-refractivity contribution in [1.29, 1.82) is 5.26 Å². The number of para-hydroxylation sites is 1. The van der Waals surface area contributed by atoms with Crippen LogP contribution in [0, 0.1) is 11.3 Å². The molecule has 0 amide bonds. The van der Waals surface area contributed by atoms with E-state index in [0.717, 1.165) is 69.2 Å². The molecule has 0 aromatic heterocycles. The second-order valence-corrected chi connectivity index (χ2v) is 9.88. The molecule has 5 rings (SSSR count). The first-order valence-corrected chi connectivity index (χ1v) is 13.4. The van der Waals surface area contributed by atoms with E-state index in [2.05, 4.69) is 88.7 Å². The first-order chi connectivity index (χ1) is 18.3. The minimum Gasteiger partial charge on any atom is -0.494 e. The molecule has 1 aliphatic heterocycles. The third kappa shape index (κ3) is 6.70. The quantitative estimate of drug-likeness (QED) is 0.229. The Labute approximate surface area is 220 Å². The molecular weight excluding hydrogens is 454 g/mol. The van der Waals surface area contributed by atoms with Crippen molar-refractivity contribution in [2.75, 3.05) is 37.7 Å². The highest BCUT2D eigenvalue weighted by Crippen LogP contribution is 2.25. The van der Waals surface area contributed by atoms with Crippen LogP contribution in [0.5, 0.6) is 5.75 Å². The summed E-state index contributed by atoms with van der Waals surface area (Å²) in [5.41, 5.74) is 4.57. The third-order valence-electron chi connectivity index (χ3n) is 7.24. The summed E-state index contributed by atoms with van der Waals surface area (Å²) in [6.07, 6.45) is 4.62. The van der Waals surface area contributed by atoms with Crippen LogP contribution in [-0.4, -0.2) is 37.7 Å². The standard InChI is InChI=1S/C33H35N3O/c34-25-31-12-6-7-13-33(31)36-20-18-35(19-21-36)26-28-14-15-30-24-32(17-16-29(30)23-28)37-22-8-2-5-11-27-9-3-1-4-10-27/h1,3-4,6-7,9-10,12-17,23-24H,2,5,8,11,18-22,26H2. The summed E-state index contributed by atoms with van der Waals surface area (Å²) in [6.45, 7) is 5.60. The predicted octanol–water partition coefficient (Wildman–Crippen LogP) is 6.83. The Hall–Kier alpha value is -3.81. The Bertz CT molecular complexity index is 1340. The van der Waals surface area contributed by atoms with Gasteiger partial charge in [-0.05, 0) is 77.9 Å². The van der Waals surface area contributed by atoms with Gasteiger partial charge in [0.15, 0.2) is 0 Å². The van der Waals surface area contributed by atoms with Crippen molar-refractivity contribution < 1.29 is 4.74 Å². The van der Waals surface area contributed by atoms with E-state index in [9.17, 15) is 5.26 Å². The SMILES string of the molecule is N#Cc1ccccc1N1CCN(Cc2ccc3cc(OCCCCCc4ccccc4)ccc3c2)CC1. The number of aryl methyl sites for hydroxylation is 1. The van der Waals surface area contributed by atoms with E-state index in [4.69, 9.17) is 4.74 Å². The highest BCUT2D eigenvalue weighted by Gasteiger charge is 2.19. The summed E-state index contributed by atoms with van der Waals surface area (Å²) in [5, 5.41) is 11.9. The van der Waals surface area contributed by atoms with Crippen LogP contribution < -0.4 is 9.64 Å². The molecule has 188 valence electrons. The van der Waals surface area contributed by atoms with E-state index in [1.807, 2.05) is 18.2 Å². The molecule has 0 unspecified atom stereocenters. The molecule has 4 nitrogen and oxygen atoms in total. The minimum absolute atomic E-state index is 0.761. The van der Waals surface area contributed by atoms with Crippen molar-refractivity contribution >= 4 is 16.5 Å². The van der Waals surface area contributed by atoms with Gasteiger partial charge in [0.05, 0.1) is 17.9 Å². The lowest BCUT2D eigenvalue weighted by Crippen LogP contribution is -2.46. The Morgan fingerprint density at radius 3 is 2.30 bits per heavy atom. The van der Waals surface area contributed by atoms with Crippen LogP contribution in [-0.2, 0) is 13.0 Å². The van der Waals surface area contributed by atoms with Crippen LogP contribution in [0.2, 0.25) is 0 Å². The van der Waals surface area contributed by atoms with Crippen molar-refractivity contribution in [1.82, 2.24) is 4.90 Å². The van der Waals surface area contributed by atoms with Gasteiger partial charge in [-0.25, -0.2) is 0 Å². The van der Waals surface area contributed by atoms with E-state index >= 15 is 0 Å². The van der Waals surface area contributed by atoms with Crippen LogP contribution in [0.15, 0.2) is 91.0 Å². The molecule has 4 aromatic carbocycles. The molecule has 0 atom stereocenters. The third-order valence-corrected chi connectivity index (χ3v) is 7.24. The fourth-order valence-electron chi connectivity index (χ4n) is 5.15. The Kier molecular flexibility index (Phi) is 8.35. The van der Waals surface area contributed by atoms with Crippen LogP contribution in [0.25, 0.3) is 10.8 Å². The normalized spacial score (nSPS) is 14.0. The molecule has 0 N–H and O–H groups in total. The fourth-order valence-corrected chi connectivity index (χ4v) is 5.15. The lowest BCUT2D eigenvalue weighted by molar-refractivity contribution is 0.250. The molecule has 37 heavy (non-hydrogen) atoms. The topological polar surface area (TPSA) is 39.5 Å². The van der Waals surface area contributed by atoms with Crippen molar-refractivity contribution in [2.45, 2.75) is 32.2 Å². The summed E-state index contributed by atoms with van der Waals surface area (Å²) in [6, 6.07) is 34.1. The minimum atomic E-state index is 0.761. The zero-order chi connectivity index (χ0) is 25.3. The highest BCUT2D eigenvalue weighted by molar-refractivity contribution is 5.84. The number of hydrogen-bond donors (Lipinski definition) is 0. The molecule has 0 saturated carbocycles. The number of hydrogen-bond acceptors (Lipinski definition) is 4. The smallest absolute Gasteiger partial charge is 0.119 e. The van der Waals surface area contributed by atoms with Crippen LogP contribution in [0.4, 0.5) is 5.69 Å². The first kappa shape index (κ1) is 24.9. The van der Waals surface area contributed by atoms with Gasteiger partial charge in [-0.15, -0.1) is 0 Å². The molecule has 1 fully saturated rings. The van der Waals surface area contributed by atoms with Crippen molar-refractivity contribution in [3.63, 3.8) is 0 Å². The number of anilines is 1. The fraction of sp³-hybridized carbons (Fsp3) is 0.303. The summed E-state index contributed by atoms with van der Waals surface area (Å²) < 4.78 is 6.05. The number of ether oxygens (including phenoxy) is 1. The van der Waals surface area contributed by atoms with Gasteiger partial charge in [0, 0.05) is 32.7 Å². The van der Waals surface area contributed by atoms with Gasteiger partial charge in [0.25, 0.3) is 0 Å². The summed E-state index contributed by atoms with van der Waals surface area (Å²) in [4.78, 5) is 4.84. The number of rotatable bonds is 10. The molecule has 0 aliphatic carbocycles. The van der Waals surface area contributed by atoms with Crippen molar-refractivity contribution in [3.05, 3.63) is 108 Å². The summed E-state index contributed by atoms with van der Waals surface area (Å²) >= 11 is 0. The predicted molar refractivity (Wildman–Crippen MR) is 152 cm³/mol. The van der Waals surface area contributed by atoms with E-state index < -0.39 is 0 Å².